The van der Waals surface area contributed by atoms with E-state index in [9.17, 15) is 14.0 Å². The zero-order chi connectivity index (χ0) is 15.7. The zero-order valence-corrected chi connectivity index (χ0v) is 11.5. The fourth-order valence-corrected chi connectivity index (χ4v) is 2.37. The van der Waals surface area contributed by atoms with Crippen LogP contribution >= 0.6 is 0 Å². The summed E-state index contributed by atoms with van der Waals surface area (Å²) >= 11 is 0. The first-order valence-electron chi connectivity index (χ1n) is 6.64. The van der Waals surface area contributed by atoms with E-state index in [1.54, 1.807) is 17.0 Å². The first kappa shape index (κ1) is 14.2. The number of hydroxylamine groups is 1. The van der Waals surface area contributed by atoms with Gasteiger partial charge in [0.1, 0.15) is 11.5 Å². The van der Waals surface area contributed by atoms with Gasteiger partial charge in [0.2, 0.25) is 0 Å². The fourth-order valence-electron chi connectivity index (χ4n) is 2.37. The van der Waals surface area contributed by atoms with Gasteiger partial charge in [-0.05, 0) is 17.7 Å². The number of hydrogen-bond donors (Lipinski definition) is 2. The molecule has 1 aromatic carbocycles. The monoisotopic (exact) mass is 304 g/mol. The Bertz CT molecular complexity index is 726. The molecule has 0 spiro atoms. The van der Waals surface area contributed by atoms with Crippen molar-refractivity contribution < 1.29 is 19.2 Å². The molecule has 2 aromatic rings. The summed E-state index contributed by atoms with van der Waals surface area (Å²) in [5.74, 6) is -1.36. The van der Waals surface area contributed by atoms with E-state index in [2.05, 4.69) is 5.10 Å². The Morgan fingerprint density at radius 1 is 1.32 bits per heavy atom. The molecule has 0 unspecified atom stereocenters. The van der Waals surface area contributed by atoms with Crippen LogP contribution in [0.15, 0.2) is 30.3 Å². The lowest BCUT2D eigenvalue weighted by atomic mass is 10.2. The van der Waals surface area contributed by atoms with Gasteiger partial charge in [-0.15, -0.1) is 0 Å². The van der Waals surface area contributed by atoms with Crippen molar-refractivity contribution in [1.29, 1.82) is 0 Å². The Labute approximate surface area is 124 Å². The second-order valence-corrected chi connectivity index (χ2v) is 4.93. The summed E-state index contributed by atoms with van der Waals surface area (Å²) in [6, 6.07) is 7.28. The summed E-state index contributed by atoms with van der Waals surface area (Å²) in [6.45, 7) is 1.23. The molecule has 1 aliphatic rings. The SMILES string of the molecule is O=C(NO)c1cc2n(n1)CCN(Cc1ccc(F)cc1)C2=O. The van der Waals surface area contributed by atoms with E-state index < -0.39 is 5.91 Å². The standard InChI is InChI=1S/C14H13FN4O3/c15-10-3-1-9(2-4-10)8-18-5-6-19-12(14(18)21)7-11(16-19)13(20)17-22/h1-4,7,22H,5-6,8H2,(H,17,20). The lowest BCUT2D eigenvalue weighted by molar-refractivity contribution is 0.0677. The van der Waals surface area contributed by atoms with Gasteiger partial charge in [0, 0.05) is 19.2 Å². The van der Waals surface area contributed by atoms with Crippen LogP contribution in [0.25, 0.3) is 0 Å². The molecule has 0 radical (unpaired) electrons. The fraction of sp³-hybridized carbons (Fsp3) is 0.214. The zero-order valence-electron chi connectivity index (χ0n) is 11.5. The van der Waals surface area contributed by atoms with Crippen molar-refractivity contribution in [3.8, 4) is 0 Å². The van der Waals surface area contributed by atoms with Gasteiger partial charge in [-0.3, -0.25) is 19.5 Å². The largest absolute Gasteiger partial charge is 0.331 e. The van der Waals surface area contributed by atoms with Crippen molar-refractivity contribution in [1.82, 2.24) is 20.2 Å². The summed E-state index contributed by atoms with van der Waals surface area (Å²) in [6.07, 6.45) is 0. The molecule has 3 rings (SSSR count). The highest BCUT2D eigenvalue weighted by Gasteiger charge is 2.27. The molecule has 2 amide bonds. The molecule has 1 aliphatic heterocycles. The number of halogens is 1. The number of amides is 2. The molecule has 0 atom stereocenters. The first-order valence-corrected chi connectivity index (χ1v) is 6.64. The molecule has 0 saturated carbocycles. The van der Waals surface area contributed by atoms with Crippen molar-refractivity contribution in [2.45, 2.75) is 13.1 Å². The Morgan fingerprint density at radius 3 is 2.73 bits per heavy atom. The van der Waals surface area contributed by atoms with Crippen molar-refractivity contribution in [2.24, 2.45) is 0 Å². The summed E-state index contributed by atoms with van der Waals surface area (Å²) < 4.78 is 14.3. The van der Waals surface area contributed by atoms with E-state index in [-0.39, 0.29) is 23.1 Å². The topological polar surface area (TPSA) is 87.5 Å². The molecule has 2 N–H and O–H groups in total. The van der Waals surface area contributed by atoms with Crippen LogP contribution in [0.2, 0.25) is 0 Å². The van der Waals surface area contributed by atoms with Gasteiger partial charge >= 0.3 is 0 Å². The number of carbonyl (C=O) groups excluding carboxylic acids is 2. The Balaban J connectivity index is 1.80. The van der Waals surface area contributed by atoms with E-state index in [1.165, 1.54) is 28.4 Å². The summed E-state index contributed by atoms with van der Waals surface area (Å²) in [5.41, 5.74) is 2.57. The number of aromatic nitrogens is 2. The number of nitrogens with zero attached hydrogens (tertiary/aromatic N) is 3. The minimum absolute atomic E-state index is 0.0190. The maximum absolute atomic E-state index is 12.9. The number of fused-ring (bicyclic) bond motifs is 1. The Kier molecular flexibility index (Phi) is 3.60. The van der Waals surface area contributed by atoms with Crippen LogP contribution in [0.4, 0.5) is 4.39 Å². The van der Waals surface area contributed by atoms with Crippen LogP contribution in [0.3, 0.4) is 0 Å². The summed E-state index contributed by atoms with van der Waals surface area (Å²) in [7, 11) is 0. The lowest BCUT2D eigenvalue weighted by Gasteiger charge is -2.27. The molecule has 0 aliphatic carbocycles. The third-order valence-electron chi connectivity index (χ3n) is 3.49. The molecule has 22 heavy (non-hydrogen) atoms. The van der Waals surface area contributed by atoms with Crippen LogP contribution < -0.4 is 5.48 Å². The number of benzene rings is 1. The van der Waals surface area contributed by atoms with Crippen molar-refractivity contribution in [3.63, 3.8) is 0 Å². The van der Waals surface area contributed by atoms with Crippen LogP contribution in [0.1, 0.15) is 26.5 Å². The molecule has 114 valence electrons. The molecule has 7 nitrogen and oxygen atoms in total. The van der Waals surface area contributed by atoms with E-state index in [4.69, 9.17) is 5.21 Å². The number of carbonyl (C=O) groups is 2. The molecule has 8 heteroatoms. The van der Waals surface area contributed by atoms with Crippen LogP contribution in [0, 0.1) is 5.82 Å². The normalized spacial score (nSPS) is 13.9. The molecule has 2 heterocycles. The van der Waals surface area contributed by atoms with Gasteiger partial charge in [0.05, 0.1) is 6.54 Å². The Morgan fingerprint density at radius 2 is 2.05 bits per heavy atom. The van der Waals surface area contributed by atoms with Crippen LogP contribution in [-0.2, 0) is 13.1 Å². The van der Waals surface area contributed by atoms with Gasteiger partial charge < -0.3 is 4.90 Å². The highest BCUT2D eigenvalue weighted by molar-refractivity contribution is 5.97. The average molecular weight is 304 g/mol. The maximum atomic E-state index is 12.9. The predicted molar refractivity (Wildman–Crippen MR) is 72.6 cm³/mol. The van der Waals surface area contributed by atoms with Crippen LogP contribution in [0.5, 0.6) is 0 Å². The van der Waals surface area contributed by atoms with Gasteiger partial charge in [-0.2, -0.15) is 5.10 Å². The Hall–Kier alpha value is -2.74. The van der Waals surface area contributed by atoms with Crippen molar-refractivity contribution in [2.75, 3.05) is 6.54 Å². The minimum Gasteiger partial charge on any atom is -0.331 e. The van der Waals surface area contributed by atoms with Gasteiger partial charge in [0.25, 0.3) is 11.8 Å². The lowest BCUT2D eigenvalue weighted by Crippen LogP contribution is -2.39. The molecule has 0 fully saturated rings. The predicted octanol–water partition coefficient (Wildman–Crippen LogP) is 0.797. The maximum Gasteiger partial charge on any atom is 0.295 e. The van der Waals surface area contributed by atoms with E-state index >= 15 is 0 Å². The summed E-state index contributed by atoms with van der Waals surface area (Å²) in [5, 5.41) is 12.6. The summed E-state index contributed by atoms with van der Waals surface area (Å²) in [4.78, 5) is 25.4. The molecule has 0 saturated heterocycles. The van der Waals surface area contributed by atoms with Crippen molar-refractivity contribution in [3.05, 3.63) is 53.1 Å². The third-order valence-corrected chi connectivity index (χ3v) is 3.49. The highest BCUT2D eigenvalue weighted by Crippen LogP contribution is 2.16. The second kappa shape index (κ2) is 5.57. The van der Waals surface area contributed by atoms with Crippen molar-refractivity contribution >= 4 is 11.8 Å². The minimum atomic E-state index is -0.764. The molecule has 0 bridgehead atoms. The molecule has 1 aromatic heterocycles. The average Bonchev–Trinajstić information content (AvgIpc) is 2.96. The number of rotatable bonds is 3. The van der Waals surface area contributed by atoms with E-state index in [0.717, 1.165) is 5.56 Å². The smallest absolute Gasteiger partial charge is 0.295 e. The third kappa shape index (κ3) is 2.56. The van der Waals surface area contributed by atoms with Gasteiger partial charge in [0.15, 0.2) is 5.69 Å². The van der Waals surface area contributed by atoms with E-state index in [0.29, 0.717) is 19.6 Å². The van der Waals surface area contributed by atoms with Gasteiger partial charge in [-0.25, -0.2) is 9.87 Å². The number of hydrogen-bond acceptors (Lipinski definition) is 4. The van der Waals surface area contributed by atoms with Crippen LogP contribution in [-0.4, -0.2) is 38.2 Å². The highest BCUT2D eigenvalue weighted by atomic mass is 19.1. The van der Waals surface area contributed by atoms with E-state index in [1.807, 2.05) is 0 Å². The number of nitrogens with one attached hydrogen (secondary N) is 1. The first-order chi connectivity index (χ1) is 10.6. The van der Waals surface area contributed by atoms with Gasteiger partial charge in [-0.1, -0.05) is 12.1 Å². The quantitative estimate of drug-likeness (QED) is 0.648. The molecular formula is C14H13FN4O3. The second-order valence-electron chi connectivity index (χ2n) is 4.93. The molecular weight excluding hydrogens is 291 g/mol.